The number of carbonyl (C=O) groups is 1. The first-order chi connectivity index (χ1) is 16.4. The largest absolute Gasteiger partial charge is 0.310 e. The summed E-state index contributed by atoms with van der Waals surface area (Å²) in [5.74, 6) is 0.638. The van der Waals surface area contributed by atoms with Gasteiger partial charge in [-0.05, 0) is 49.7 Å². The fourth-order valence-electron chi connectivity index (χ4n) is 3.80. The minimum absolute atomic E-state index is 0.0854. The zero-order valence-electron chi connectivity index (χ0n) is 18.3. The molecule has 34 heavy (non-hydrogen) atoms. The minimum Gasteiger partial charge on any atom is -0.310 e. The van der Waals surface area contributed by atoms with Crippen molar-refractivity contribution in [1.29, 1.82) is 0 Å². The van der Waals surface area contributed by atoms with Crippen molar-refractivity contribution in [3.8, 4) is 5.69 Å². The second-order valence-corrected chi connectivity index (χ2v) is 9.14. The first kappa shape index (κ1) is 22.1. The first-order valence-electron chi connectivity index (χ1n) is 10.4. The van der Waals surface area contributed by atoms with E-state index in [1.165, 1.54) is 18.0 Å². The standard InChI is InChI=1S/C24H19ClN6O2S/c1-14-7-9-18(15(2)11-14)30-22(33)17-5-3-4-6-19(17)31-23(30)28-29-24(31)34-13-21(32)27-20-10-8-16(25)12-26-20/h3-12H,13H2,1-2H3,(H,26,27,32). The Morgan fingerprint density at radius 1 is 1.09 bits per heavy atom. The highest BCUT2D eigenvalue weighted by atomic mass is 35.5. The van der Waals surface area contributed by atoms with E-state index in [0.29, 0.717) is 32.7 Å². The van der Waals surface area contributed by atoms with E-state index in [0.717, 1.165) is 16.8 Å². The van der Waals surface area contributed by atoms with Gasteiger partial charge in [-0.2, -0.15) is 0 Å². The van der Waals surface area contributed by atoms with Gasteiger partial charge in [0, 0.05) is 6.20 Å². The monoisotopic (exact) mass is 490 g/mol. The molecular formula is C24H19ClN6O2S. The molecule has 0 bridgehead atoms. The molecule has 5 rings (SSSR count). The van der Waals surface area contributed by atoms with Crippen molar-refractivity contribution in [1.82, 2.24) is 24.1 Å². The second-order valence-electron chi connectivity index (χ2n) is 7.76. The summed E-state index contributed by atoms with van der Waals surface area (Å²) in [5, 5.41) is 12.9. The molecule has 8 nitrogen and oxygen atoms in total. The summed E-state index contributed by atoms with van der Waals surface area (Å²) in [4.78, 5) is 30.0. The summed E-state index contributed by atoms with van der Waals surface area (Å²) in [7, 11) is 0. The lowest BCUT2D eigenvalue weighted by Crippen LogP contribution is -2.22. The van der Waals surface area contributed by atoms with Crippen molar-refractivity contribution in [2.24, 2.45) is 0 Å². The first-order valence-corrected chi connectivity index (χ1v) is 11.8. The van der Waals surface area contributed by atoms with Gasteiger partial charge in [0.2, 0.25) is 11.7 Å². The van der Waals surface area contributed by atoms with Crippen LogP contribution in [-0.4, -0.2) is 35.8 Å². The third-order valence-electron chi connectivity index (χ3n) is 5.32. The van der Waals surface area contributed by atoms with Gasteiger partial charge in [-0.1, -0.05) is 53.2 Å². The lowest BCUT2D eigenvalue weighted by Gasteiger charge is -2.13. The number of amides is 1. The van der Waals surface area contributed by atoms with E-state index in [-0.39, 0.29) is 17.2 Å². The van der Waals surface area contributed by atoms with Crippen LogP contribution >= 0.6 is 23.4 Å². The highest BCUT2D eigenvalue weighted by molar-refractivity contribution is 7.99. The van der Waals surface area contributed by atoms with Gasteiger partial charge in [0.25, 0.3) is 5.56 Å². The number of para-hydroxylation sites is 1. The number of fused-ring (bicyclic) bond motifs is 3. The van der Waals surface area contributed by atoms with Gasteiger partial charge >= 0.3 is 0 Å². The predicted molar refractivity (Wildman–Crippen MR) is 134 cm³/mol. The van der Waals surface area contributed by atoms with Gasteiger partial charge in [0.15, 0.2) is 5.16 Å². The lowest BCUT2D eigenvalue weighted by molar-refractivity contribution is -0.113. The van der Waals surface area contributed by atoms with Crippen molar-refractivity contribution in [2.75, 3.05) is 11.1 Å². The number of halogens is 1. The Morgan fingerprint density at radius 2 is 1.91 bits per heavy atom. The molecule has 0 saturated carbocycles. The van der Waals surface area contributed by atoms with Crippen LogP contribution in [0.4, 0.5) is 5.82 Å². The molecule has 0 radical (unpaired) electrons. The van der Waals surface area contributed by atoms with Crippen LogP contribution in [0, 0.1) is 13.8 Å². The van der Waals surface area contributed by atoms with Gasteiger partial charge in [0.05, 0.1) is 27.4 Å². The number of rotatable bonds is 5. The minimum atomic E-state index is -0.247. The van der Waals surface area contributed by atoms with E-state index in [4.69, 9.17) is 11.6 Å². The maximum Gasteiger partial charge on any atom is 0.267 e. The Kier molecular flexibility index (Phi) is 5.80. The van der Waals surface area contributed by atoms with E-state index < -0.39 is 0 Å². The smallest absolute Gasteiger partial charge is 0.267 e. The Balaban J connectivity index is 1.56. The zero-order chi connectivity index (χ0) is 23.8. The number of aromatic nitrogens is 5. The van der Waals surface area contributed by atoms with Crippen molar-refractivity contribution in [3.05, 3.63) is 87.3 Å². The summed E-state index contributed by atoms with van der Waals surface area (Å²) in [6, 6.07) is 16.5. The Bertz CT molecular complexity index is 1610. The molecule has 2 aromatic carbocycles. The van der Waals surface area contributed by atoms with Crippen LogP contribution in [0.3, 0.4) is 0 Å². The van der Waals surface area contributed by atoms with Gasteiger partial charge in [-0.15, -0.1) is 10.2 Å². The molecule has 3 aromatic heterocycles. The fraction of sp³-hybridized carbons (Fsp3) is 0.125. The number of nitrogens with zero attached hydrogens (tertiary/aromatic N) is 5. The molecule has 1 amide bonds. The van der Waals surface area contributed by atoms with Crippen LogP contribution in [0.2, 0.25) is 5.02 Å². The molecule has 1 N–H and O–H groups in total. The molecule has 0 atom stereocenters. The van der Waals surface area contributed by atoms with E-state index >= 15 is 0 Å². The second kappa shape index (κ2) is 8.92. The Morgan fingerprint density at radius 3 is 2.68 bits per heavy atom. The van der Waals surface area contributed by atoms with Crippen LogP contribution in [0.5, 0.6) is 0 Å². The quantitative estimate of drug-likeness (QED) is 0.366. The Labute approximate surface area is 203 Å². The van der Waals surface area contributed by atoms with E-state index in [9.17, 15) is 9.59 Å². The van der Waals surface area contributed by atoms with Crippen LogP contribution in [0.1, 0.15) is 11.1 Å². The van der Waals surface area contributed by atoms with Gasteiger partial charge in [-0.25, -0.2) is 9.55 Å². The third kappa shape index (κ3) is 4.04. The number of nitrogens with one attached hydrogen (secondary N) is 1. The van der Waals surface area contributed by atoms with E-state index in [1.54, 1.807) is 22.8 Å². The fourth-order valence-corrected chi connectivity index (χ4v) is 4.66. The topological polar surface area (TPSA) is 94.2 Å². The number of benzene rings is 2. The molecule has 0 saturated heterocycles. The molecular weight excluding hydrogens is 472 g/mol. The van der Waals surface area contributed by atoms with Crippen molar-refractivity contribution < 1.29 is 4.79 Å². The van der Waals surface area contributed by atoms with Gasteiger partial charge in [0.1, 0.15) is 5.82 Å². The van der Waals surface area contributed by atoms with Crippen LogP contribution in [0.15, 0.2) is 70.7 Å². The molecule has 5 aromatic rings. The number of thioether (sulfide) groups is 1. The highest BCUT2D eigenvalue weighted by Crippen LogP contribution is 2.24. The zero-order valence-corrected chi connectivity index (χ0v) is 19.9. The number of hydrogen-bond donors (Lipinski definition) is 1. The number of aryl methyl sites for hydroxylation is 2. The SMILES string of the molecule is Cc1ccc(-n2c(=O)c3ccccc3n3c(SCC(=O)Nc4ccc(Cl)cn4)nnc23)c(C)c1. The molecule has 0 aliphatic carbocycles. The maximum absolute atomic E-state index is 13.5. The lowest BCUT2D eigenvalue weighted by atomic mass is 10.1. The highest BCUT2D eigenvalue weighted by Gasteiger charge is 2.19. The maximum atomic E-state index is 13.5. The molecule has 0 spiro atoms. The number of anilines is 1. The van der Waals surface area contributed by atoms with Crippen molar-refractivity contribution in [3.63, 3.8) is 0 Å². The molecule has 0 unspecified atom stereocenters. The summed E-state index contributed by atoms with van der Waals surface area (Å²) < 4.78 is 3.39. The van der Waals surface area contributed by atoms with Crippen LogP contribution in [0.25, 0.3) is 22.4 Å². The number of pyridine rings is 1. The van der Waals surface area contributed by atoms with Gasteiger partial charge < -0.3 is 5.32 Å². The van der Waals surface area contributed by atoms with Crippen molar-refractivity contribution >= 4 is 51.8 Å². The van der Waals surface area contributed by atoms with E-state index in [2.05, 4.69) is 20.5 Å². The summed E-state index contributed by atoms with van der Waals surface area (Å²) >= 11 is 7.07. The summed E-state index contributed by atoms with van der Waals surface area (Å²) in [5.41, 5.74) is 3.29. The number of carbonyl (C=O) groups excluding carboxylic acids is 1. The molecule has 0 fully saturated rings. The predicted octanol–water partition coefficient (Wildman–Crippen LogP) is 4.43. The van der Waals surface area contributed by atoms with Crippen LogP contribution < -0.4 is 10.9 Å². The third-order valence-corrected chi connectivity index (χ3v) is 6.47. The normalized spacial score (nSPS) is 11.3. The molecule has 170 valence electrons. The summed E-state index contributed by atoms with van der Waals surface area (Å²) in [6.07, 6.45) is 1.47. The summed E-state index contributed by atoms with van der Waals surface area (Å²) in [6.45, 7) is 3.97. The van der Waals surface area contributed by atoms with Gasteiger partial charge in [-0.3, -0.25) is 14.0 Å². The van der Waals surface area contributed by atoms with Crippen LogP contribution in [-0.2, 0) is 4.79 Å². The number of hydrogen-bond acceptors (Lipinski definition) is 6. The average Bonchev–Trinajstić information content (AvgIpc) is 3.24. The van der Waals surface area contributed by atoms with E-state index in [1.807, 2.05) is 54.6 Å². The molecule has 0 aliphatic rings. The van der Waals surface area contributed by atoms with Crippen molar-refractivity contribution in [2.45, 2.75) is 19.0 Å². The average molecular weight is 491 g/mol. The molecule has 3 heterocycles. The molecule has 10 heteroatoms. The molecule has 0 aliphatic heterocycles. The Hall–Kier alpha value is -3.69.